The van der Waals surface area contributed by atoms with E-state index in [-0.39, 0.29) is 17.9 Å². The fourth-order valence-electron chi connectivity index (χ4n) is 2.70. The van der Waals surface area contributed by atoms with Crippen LogP contribution in [0.2, 0.25) is 0 Å². The van der Waals surface area contributed by atoms with Gasteiger partial charge in [-0.3, -0.25) is 4.79 Å². The Morgan fingerprint density at radius 1 is 1.10 bits per heavy atom. The van der Waals surface area contributed by atoms with E-state index in [0.717, 1.165) is 24.3 Å². The summed E-state index contributed by atoms with van der Waals surface area (Å²) in [4.78, 5) is 12.2. The van der Waals surface area contributed by atoms with Crippen molar-refractivity contribution in [3.63, 3.8) is 0 Å². The molecule has 108 valence electrons. The Bertz CT molecular complexity index is 495. The summed E-state index contributed by atoms with van der Waals surface area (Å²) in [5, 5.41) is 12.4. The van der Waals surface area contributed by atoms with E-state index in [9.17, 15) is 9.90 Å². The molecule has 1 aromatic rings. The number of amides is 1. The Balaban J connectivity index is 1.64. The molecule has 5 nitrogen and oxygen atoms in total. The Labute approximate surface area is 117 Å². The van der Waals surface area contributed by atoms with E-state index in [0.29, 0.717) is 31.8 Å². The number of nitrogens with one attached hydrogen (secondary N) is 1. The predicted octanol–water partition coefficient (Wildman–Crippen LogP) is 1.95. The van der Waals surface area contributed by atoms with Gasteiger partial charge in [0, 0.05) is 17.7 Å². The summed E-state index contributed by atoms with van der Waals surface area (Å²) in [5.74, 6) is 1.41. The standard InChI is InChI=1S/C15H19NO4/c17-12-4-1-10(2-5-12)15(18)16-11-3-6-13-14(9-11)20-8-7-19-13/h3,6,9-10,12,17H,1-2,4-5,7-8H2,(H,16,18). The van der Waals surface area contributed by atoms with Crippen molar-refractivity contribution in [1.29, 1.82) is 0 Å². The van der Waals surface area contributed by atoms with Crippen molar-refractivity contribution >= 4 is 11.6 Å². The SMILES string of the molecule is O=C(Nc1ccc2c(c1)OCCO2)C1CCC(O)CC1. The molecule has 1 heterocycles. The maximum absolute atomic E-state index is 12.2. The smallest absolute Gasteiger partial charge is 0.227 e. The van der Waals surface area contributed by atoms with Gasteiger partial charge in [-0.05, 0) is 37.8 Å². The highest BCUT2D eigenvalue weighted by molar-refractivity contribution is 5.92. The van der Waals surface area contributed by atoms with E-state index in [1.54, 1.807) is 6.07 Å². The van der Waals surface area contributed by atoms with Crippen LogP contribution >= 0.6 is 0 Å². The van der Waals surface area contributed by atoms with E-state index in [1.165, 1.54) is 0 Å². The number of benzene rings is 1. The molecule has 1 aliphatic heterocycles. The van der Waals surface area contributed by atoms with Gasteiger partial charge < -0.3 is 19.9 Å². The average molecular weight is 277 g/mol. The second kappa shape index (κ2) is 5.71. The zero-order chi connectivity index (χ0) is 13.9. The summed E-state index contributed by atoms with van der Waals surface area (Å²) in [6, 6.07) is 5.43. The van der Waals surface area contributed by atoms with Crippen molar-refractivity contribution in [2.75, 3.05) is 18.5 Å². The molecular weight excluding hydrogens is 258 g/mol. The van der Waals surface area contributed by atoms with Gasteiger partial charge in [-0.2, -0.15) is 0 Å². The fourth-order valence-corrected chi connectivity index (χ4v) is 2.70. The average Bonchev–Trinajstić information content (AvgIpc) is 2.48. The monoisotopic (exact) mass is 277 g/mol. The molecule has 0 bridgehead atoms. The van der Waals surface area contributed by atoms with Crippen molar-refractivity contribution in [3.8, 4) is 11.5 Å². The number of aliphatic hydroxyl groups is 1. The molecule has 0 unspecified atom stereocenters. The van der Waals surface area contributed by atoms with Gasteiger partial charge in [0.2, 0.25) is 5.91 Å². The normalized spacial score (nSPS) is 25.1. The first-order chi connectivity index (χ1) is 9.72. The number of fused-ring (bicyclic) bond motifs is 1. The molecule has 1 saturated carbocycles. The van der Waals surface area contributed by atoms with Crippen LogP contribution in [0.25, 0.3) is 0 Å². The van der Waals surface area contributed by atoms with E-state index < -0.39 is 0 Å². The zero-order valence-electron chi connectivity index (χ0n) is 11.3. The number of hydrogen-bond donors (Lipinski definition) is 2. The largest absolute Gasteiger partial charge is 0.486 e. The minimum atomic E-state index is -0.242. The number of hydrogen-bond acceptors (Lipinski definition) is 4. The summed E-state index contributed by atoms with van der Waals surface area (Å²) >= 11 is 0. The third-order valence-corrected chi connectivity index (χ3v) is 3.88. The van der Waals surface area contributed by atoms with Crippen molar-refractivity contribution in [2.45, 2.75) is 31.8 Å². The number of rotatable bonds is 2. The third-order valence-electron chi connectivity index (χ3n) is 3.88. The Morgan fingerprint density at radius 3 is 2.55 bits per heavy atom. The first kappa shape index (κ1) is 13.2. The van der Waals surface area contributed by atoms with Crippen molar-refractivity contribution in [2.24, 2.45) is 5.92 Å². The summed E-state index contributed by atoms with van der Waals surface area (Å²) in [6.45, 7) is 1.09. The molecule has 3 rings (SSSR count). The maximum Gasteiger partial charge on any atom is 0.227 e. The van der Waals surface area contributed by atoms with Crippen LogP contribution in [0.4, 0.5) is 5.69 Å². The van der Waals surface area contributed by atoms with Gasteiger partial charge in [-0.15, -0.1) is 0 Å². The van der Waals surface area contributed by atoms with Gasteiger partial charge in [0.15, 0.2) is 11.5 Å². The molecular formula is C15H19NO4. The molecule has 1 aromatic carbocycles. The molecule has 0 saturated heterocycles. The second-order valence-electron chi connectivity index (χ2n) is 5.35. The molecule has 0 aromatic heterocycles. The molecule has 1 amide bonds. The first-order valence-electron chi connectivity index (χ1n) is 7.11. The maximum atomic E-state index is 12.2. The molecule has 2 N–H and O–H groups in total. The lowest BCUT2D eigenvalue weighted by Crippen LogP contribution is -2.28. The molecule has 0 radical (unpaired) electrons. The van der Waals surface area contributed by atoms with Crippen LogP contribution in [0.1, 0.15) is 25.7 Å². The highest BCUT2D eigenvalue weighted by atomic mass is 16.6. The van der Waals surface area contributed by atoms with Crippen molar-refractivity contribution in [1.82, 2.24) is 0 Å². The summed E-state index contributed by atoms with van der Waals surface area (Å²) < 4.78 is 10.9. The van der Waals surface area contributed by atoms with E-state index >= 15 is 0 Å². The van der Waals surface area contributed by atoms with Crippen LogP contribution in [-0.2, 0) is 4.79 Å². The lowest BCUT2D eigenvalue weighted by molar-refractivity contribution is -0.121. The Hall–Kier alpha value is -1.75. The number of ether oxygens (including phenoxy) is 2. The Morgan fingerprint density at radius 2 is 1.80 bits per heavy atom. The van der Waals surface area contributed by atoms with Gasteiger partial charge in [0.05, 0.1) is 6.10 Å². The zero-order valence-corrected chi connectivity index (χ0v) is 11.3. The molecule has 2 aliphatic rings. The minimum absolute atomic E-state index is 0.00778. The molecule has 0 atom stereocenters. The van der Waals surface area contributed by atoms with Crippen LogP contribution < -0.4 is 14.8 Å². The summed E-state index contributed by atoms with van der Waals surface area (Å²) in [6.07, 6.45) is 2.67. The van der Waals surface area contributed by atoms with Crippen LogP contribution in [0.15, 0.2) is 18.2 Å². The van der Waals surface area contributed by atoms with Crippen molar-refractivity contribution in [3.05, 3.63) is 18.2 Å². The van der Waals surface area contributed by atoms with Gasteiger partial charge in [-0.25, -0.2) is 0 Å². The lowest BCUT2D eigenvalue weighted by Gasteiger charge is -2.25. The molecule has 1 fully saturated rings. The minimum Gasteiger partial charge on any atom is -0.486 e. The number of aliphatic hydroxyl groups excluding tert-OH is 1. The van der Waals surface area contributed by atoms with Gasteiger partial charge >= 0.3 is 0 Å². The van der Waals surface area contributed by atoms with E-state index in [1.807, 2.05) is 12.1 Å². The first-order valence-corrected chi connectivity index (χ1v) is 7.11. The number of carbonyl (C=O) groups excluding carboxylic acids is 1. The summed E-state index contributed by atoms with van der Waals surface area (Å²) in [5.41, 5.74) is 0.727. The number of carbonyl (C=O) groups is 1. The van der Waals surface area contributed by atoms with E-state index in [2.05, 4.69) is 5.32 Å². The highest BCUT2D eigenvalue weighted by Crippen LogP contribution is 2.33. The third kappa shape index (κ3) is 2.88. The molecule has 5 heteroatoms. The second-order valence-corrected chi connectivity index (χ2v) is 5.35. The highest BCUT2D eigenvalue weighted by Gasteiger charge is 2.25. The van der Waals surface area contributed by atoms with Crippen LogP contribution in [-0.4, -0.2) is 30.3 Å². The fraction of sp³-hybridized carbons (Fsp3) is 0.533. The summed E-state index contributed by atoms with van der Waals surface area (Å²) in [7, 11) is 0. The topological polar surface area (TPSA) is 67.8 Å². The van der Waals surface area contributed by atoms with Crippen LogP contribution in [0, 0.1) is 5.92 Å². The molecule has 1 aliphatic carbocycles. The number of anilines is 1. The predicted molar refractivity (Wildman–Crippen MR) is 74.0 cm³/mol. The molecule has 20 heavy (non-hydrogen) atoms. The van der Waals surface area contributed by atoms with Gasteiger partial charge in [0.25, 0.3) is 0 Å². The molecule has 0 spiro atoms. The van der Waals surface area contributed by atoms with Crippen molar-refractivity contribution < 1.29 is 19.4 Å². The van der Waals surface area contributed by atoms with Gasteiger partial charge in [0.1, 0.15) is 13.2 Å². The van der Waals surface area contributed by atoms with E-state index in [4.69, 9.17) is 9.47 Å². The van der Waals surface area contributed by atoms with Gasteiger partial charge in [-0.1, -0.05) is 0 Å². The lowest BCUT2D eigenvalue weighted by atomic mass is 9.87. The quantitative estimate of drug-likeness (QED) is 0.867. The Kier molecular flexibility index (Phi) is 3.78. The van der Waals surface area contributed by atoms with Crippen LogP contribution in [0.3, 0.4) is 0 Å². The van der Waals surface area contributed by atoms with Crippen LogP contribution in [0.5, 0.6) is 11.5 Å².